The third-order valence-corrected chi connectivity index (χ3v) is 4.42. The van der Waals surface area contributed by atoms with Crippen molar-refractivity contribution in [3.8, 4) is 0 Å². The normalized spacial score (nSPS) is 24.4. The lowest BCUT2D eigenvalue weighted by atomic mass is 9.92. The summed E-state index contributed by atoms with van der Waals surface area (Å²) in [6.07, 6.45) is 2.48. The molecule has 1 fully saturated rings. The molecule has 2 aromatic rings. The number of hydrogen-bond acceptors (Lipinski definition) is 3. The van der Waals surface area contributed by atoms with Crippen molar-refractivity contribution in [2.24, 2.45) is 13.0 Å². The number of rotatable bonds is 4. The molecule has 0 radical (unpaired) electrons. The van der Waals surface area contributed by atoms with Gasteiger partial charge in [-0.25, -0.2) is 0 Å². The van der Waals surface area contributed by atoms with Gasteiger partial charge in [-0.3, -0.25) is 4.68 Å². The topological polar surface area (TPSA) is 39.1 Å². The van der Waals surface area contributed by atoms with Gasteiger partial charge in [0, 0.05) is 30.8 Å². The minimum atomic E-state index is 0.385. The van der Waals surface area contributed by atoms with Crippen LogP contribution in [0.25, 0.3) is 10.9 Å². The summed E-state index contributed by atoms with van der Waals surface area (Å²) in [5.74, 6) is 0.579. The van der Waals surface area contributed by atoms with Gasteiger partial charge in [0.1, 0.15) is 0 Å². The predicted octanol–water partition coefficient (Wildman–Crippen LogP) is 2.13. The van der Waals surface area contributed by atoms with Crippen LogP contribution in [0.2, 0.25) is 0 Å². The van der Waals surface area contributed by atoms with Gasteiger partial charge in [-0.1, -0.05) is 18.2 Å². The van der Waals surface area contributed by atoms with Gasteiger partial charge in [0.2, 0.25) is 0 Å². The number of aryl methyl sites for hydroxylation is 1. The standard InChI is InChI=1S/C16H23N3O/c1-11-8-12(10-20-11)14(17-2)9-15-13-6-4-5-7-16(13)19(3)18-15/h4-7,11-12,14,17H,8-10H2,1-3H3. The molecule has 1 aromatic carbocycles. The highest BCUT2D eigenvalue weighted by Gasteiger charge is 2.29. The van der Waals surface area contributed by atoms with Crippen LogP contribution in [0.5, 0.6) is 0 Å². The molecule has 1 N–H and O–H groups in total. The summed E-state index contributed by atoms with van der Waals surface area (Å²) in [5.41, 5.74) is 2.38. The molecule has 1 aromatic heterocycles. The summed E-state index contributed by atoms with van der Waals surface area (Å²) >= 11 is 0. The van der Waals surface area contributed by atoms with Gasteiger partial charge in [0.25, 0.3) is 0 Å². The van der Waals surface area contributed by atoms with Gasteiger partial charge < -0.3 is 10.1 Å². The number of fused-ring (bicyclic) bond motifs is 1. The monoisotopic (exact) mass is 273 g/mol. The lowest BCUT2D eigenvalue weighted by Gasteiger charge is -2.21. The number of hydrogen-bond donors (Lipinski definition) is 1. The maximum atomic E-state index is 5.71. The third kappa shape index (κ3) is 2.45. The smallest absolute Gasteiger partial charge is 0.0718 e. The summed E-state index contributed by atoms with van der Waals surface area (Å²) in [6.45, 7) is 3.01. The second-order valence-corrected chi connectivity index (χ2v) is 5.83. The van der Waals surface area contributed by atoms with Crippen molar-refractivity contribution in [2.75, 3.05) is 13.7 Å². The number of para-hydroxylation sites is 1. The van der Waals surface area contributed by atoms with E-state index < -0.39 is 0 Å². The van der Waals surface area contributed by atoms with Crippen molar-refractivity contribution < 1.29 is 4.74 Å². The van der Waals surface area contributed by atoms with Crippen molar-refractivity contribution in [1.29, 1.82) is 0 Å². The molecule has 20 heavy (non-hydrogen) atoms. The van der Waals surface area contributed by atoms with Gasteiger partial charge in [-0.15, -0.1) is 0 Å². The second-order valence-electron chi connectivity index (χ2n) is 5.83. The fraction of sp³-hybridized carbons (Fsp3) is 0.562. The Morgan fingerprint density at radius 3 is 2.95 bits per heavy atom. The lowest BCUT2D eigenvalue weighted by molar-refractivity contribution is 0.117. The molecule has 3 atom stereocenters. The van der Waals surface area contributed by atoms with Crippen molar-refractivity contribution in [1.82, 2.24) is 15.1 Å². The van der Waals surface area contributed by atoms with Crippen LogP contribution < -0.4 is 5.32 Å². The number of aromatic nitrogens is 2. The maximum Gasteiger partial charge on any atom is 0.0718 e. The quantitative estimate of drug-likeness (QED) is 0.927. The Labute approximate surface area is 120 Å². The molecular formula is C16H23N3O. The van der Waals surface area contributed by atoms with Gasteiger partial charge in [0.05, 0.1) is 23.9 Å². The summed E-state index contributed by atoms with van der Waals surface area (Å²) in [4.78, 5) is 0. The van der Waals surface area contributed by atoms with Crippen LogP contribution in [-0.2, 0) is 18.2 Å². The van der Waals surface area contributed by atoms with Crippen molar-refractivity contribution >= 4 is 10.9 Å². The molecule has 3 rings (SSSR count). The summed E-state index contributed by atoms with van der Waals surface area (Å²) in [7, 11) is 4.06. The van der Waals surface area contributed by atoms with Gasteiger partial charge in [-0.2, -0.15) is 5.10 Å². The fourth-order valence-electron chi connectivity index (χ4n) is 3.28. The van der Waals surface area contributed by atoms with Crippen molar-refractivity contribution in [3.05, 3.63) is 30.0 Å². The zero-order valence-corrected chi connectivity index (χ0v) is 12.5. The van der Waals surface area contributed by atoms with E-state index >= 15 is 0 Å². The zero-order valence-electron chi connectivity index (χ0n) is 12.5. The number of nitrogens with one attached hydrogen (secondary N) is 1. The second kappa shape index (κ2) is 5.54. The number of benzene rings is 1. The van der Waals surface area contributed by atoms with Crippen molar-refractivity contribution in [3.63, 3.8) is 0 Å². The maximum absolute atomic E-state index is 5.71. The summed E-state index contributed by atoms with van der Waals surface area (Å²) in [5, 5.41) is 9.43. The zero-order chi connectivity index (χ0) is 14.1. The van der Waals surface area contributed by atoms with Crippen LogP contribution in [0.4, 0.5) is 0 Å². The first kappa shape index (κ1) is 13.6. The third-order valence-electron chi connectivity index (χ3n) is 4.42. The Morgan fingerprint density at radius 2 is 2.25 bits per heavy atom. The largest absolute Gasteiger partial charge is 0.378 e. The molecule has 1 saturated heterocycles. The number of likely N-dealkylation sites (N-methyl/N-ethyl adjacent to an activating group) is 1. The average Bonchev–Trinajstić information content (AvgIpc) is 3.01. The van der Waals surface area contributed by atoms with E-state index in [1.807, 2.05) is 18.8 Å². The fourth-order valence-corrected chi connectivity index (χ4v) is 3.28. The minimum Gasteiger partial charge on any atom is -0.378 e. The van der Waals surface area contributed by atoms with Crippen LogP contribution >= 0.6 is 0 Å². The minimum absolute atomic E-state index is 0.385. The SMILES string of the molecule is CNC(Cc1nn(C)c2ccccc12)C1COC(C)C1. The molecule has 0 bridgehead atoms. The van der Waals surface area contributed by atoms with E-state index in [9.17, 15) is 0 Å². The molecular weight excluding hydrogens is 250 g/mol. The Morgan fingerprint density at radius 1 is 1.45 bits per heavy atom. The molecule has 108 valence electrons. The van der Waals surface area contributed by atoms with E-state index in [0.717, 1.165) is 19.4 Å². The first-order valence-corrected chi connectivity index (χ1v) is 7.38. The molecule has 0 amide bonds. The van der Waals surface area contributed by atoms with Crippen LogP contribution in [0.15, 0.2) is 24.3 Å². The molecule has 4 heteroatoms. The molecule has 0 aliphatic carbocycles. The molecule has 3 unspecified atom stereocenters. The molecule has 0 saturated carbocycles. The summed E-state index contributed by atoms with van der Waals surface area (Å²) < 4.78 is 7.69. The molecule has 2 heterocycles. The van der Waals surface area contributed by atoms with Gasteiger partial charge in [-0.05, 0) is 26.5 Å². The van der Waals surface area contributed by atoms with E-state index in [-0.39, 0.29) is 0 Å². The number of ether oxygens (including phenoxy) is 1. The first-order valence-electron chi connectivity index (χ1n) is 7.38. The Balaban J connectivity index is 1.84. The molecule has 1 aliphatic heterocycles. The summed E-state index contributed by atoms with van der Waals surface area (Å²) in [6, 6.07) is 8.87. The molecule has 1 aliphatic rings. The molecule has 0 spiro atoms. The Bertz CT molecular complexity index is 592. The van der Waals surface area contributed by atoms with Crippen LogP contribution in [-0.4, -0.2) is 35.6 Å². The highest BCUT2D eigenvalue weighted by atomic mass is 16.5. The van der Waals surface area contributed by atoms with E-state index in [0.29, 0.717) is 18.1 Å². The Hall–Kier alpha value is -1.39. The average molecular weight is 273 g/mol. The van der Waals surface area contributed by atoms with Crippen LogP contribution in [0.1, 0.15) is 19.0 Å². The van der Waals surface area contributed by atoms with E-state index in [1.165, 1.54) is 16.6 Å². The van der Waals surface area contributed by atoms with Crippen molar-refractivity contribution in [2.45, 2.75) is 31.9 Å². The lowest BCUT2D eigenvalue weighted by Crippen LogP contribution is -2.36. The molecule has 4 nitrogen and oxygen atoms in total. The Kier molecular flexibility index (Phi) is 3.76. The highest BCUT2D eigenvalue weighted by Crippen LogP contribution is 2.26. The van der Waals surface area contributed by atoms with Gasteiger partial charge >= 0.3 is 0 Å². The number of nitrogens with zero attached hydrogens (tertiary/aromatic N) is 2. The van der Waals surface area contributed by atoms with Gasteiger partial charge in [0.15, 0.2) is 0 Å². The van der Waals surface area contributed by atoms with Crippen LogP contribution in [0.3, 0.4) is 0 Å². The van der Waals surface area contributed by atoms with Crippen LogP contribution in [0, 0.1) is 5.92 Å². The van der Waals surface area contributed by atoms with E-state index in [1.54, 1.807) is 0 Å². The first-order chi connectivity index (χ1) is 9.69. The van der Waals surface area contributed by atoms with E-state index in [4.69, 9.17) is 9.84 Å². The van der Waals surface area contributed by atoms with E-state index in [2.05, 4.69) is 36.5 Å². The highest BCUT2D eigenvalue weighted by molar-refractivity contribution is 5.81. The predicted molar refractivity (Wildman–Crippen MR) is 80.8 cm³/mol.